The van der Waals surface area contributed by atoms with Gasteiger partial charge in [0.2, 0.25) is 0 Å². The molecule has 6 nitrogen and oxygen atoms in total. The zero-order chi connectivity index (χ0) is 24.0. The summed E-state index contributed by atoms with van der Waals surface area (Å²) in [5, 5.41) is 17.7. The van der Waals surface area contributed by atoms with Crippen molar-refractivity contribution in [3.05, 3.63) is 53.7 Å². The molecule has 1 aliphatic heterocycles. The second-order valence-electron chi connectivity index (χ2n) is 8.90. The van der Waals surface area contributed by atoms with Crippen LogP contribution in [0.5, 0.6) is 11.6 Å². The Bertz CT molecular complexity index is 1170. The second kappa shape index (κ2) is 8.33. The largest absolute Gasteiger partial charge is 0.435 e. The van der Waals surface area contributed by atoms with Gasteiger partial charge in [0.05, 0.1) is 23.9 Å². The monoisotopic (exact) mass is 464 g/mol. The number of alkyl halides is 3. The van der Waals surface area contributed by atoms with Crippen molar-refractivity contribution in [1.29, 1.82) is 0 Å². The minimum absolute atomic E-state index is 0.228. The lowest BCUT2D eigenvalue weighted by molar-refractivity contribution is -0.138. The molecule has 0 radical (unpaired) electrons. The molecule has 0 amide bonds. The molecule has 1 aliphatic rings. The topological polar surface area (TPSA) is 72.2 Å². The van der Waals surface area contributed by atoms with Gasteiger partial charge in [-0.15, -0.1) is 0 Å². The summed E-state index contributed by atoms with van der Waals surface area (Å²) in [5.74, 6) is -1.44. The van der Waals surface area contributed by atoms with E-state index in [1.54, 1.807) is 37.0 Å². The van der Waals surface area contributed by atoms with Gasteiger partial charge < -0.3 is 15.2 Å². The molecule has 0 saturated carbocycles. The summed E-state index contributed by atoms with van der Waals surface area (Å²) >= 11 is 0. The molecule has 2 aromatic heterocycles. The van der Waals surface area contributed by atoms with Crippen LogP contribution in [0.2, 0.25) is 0 Å². The summed E-state index contributed by atoms with van der Waals surface area (Å²) in [5.41, 5.74) is 0.666. The first kappa shape index (κ1) is 23.0. The maximum absolute atomic E-state index is 14.5. The first-order valence-electron chi connectivity index (χ1n) is 10.5. The fourth-order valence-corrected chi connectivity index (χ4v) is 3.79. The van der Waals surface area contributed by atoms with Crippen LogP contribution in [0.4, 0.5) is 23.2 Å². The lowest BCUT2D eigenvalue weighted by atomic mass is 9.94. The molecule has 10 heteroatoms. The Morgan fingerprint density at radius 1 is 1.24 bits per heavy atom. The van der Waals surface area contributed by atoms with E-state index in [9.17, 15) is 22.7 Å². The van der Waals surface area contributed by atoms with Gasteiger partial charge in [-0.25, -0.2) is 9.37 Å². The lowest BCUT2D eigenvalue weighted by Gasteiger charge is -2.27. The van der Waals surface area contributed by atoms with Crippen LogP contribution in [0.15, 0.2) is 36.8 Å². The highest BCUT2D eigenvalue weighted by Gasteiger charge is 2.32. The Morgan fingerprint density at radius 2 is 2.00 bits per heavy atom. The molecule has 33 heavy (non-hydrogen) atoms. The Kier molecular flexibility index (Phi) is 5.81. The van der Waals surface area contributed by atoms with Crippen LogP contribution < -0.4 is 10.1 Å². The molecule has 1 aromatic carbocycles. The van der Waals surface area contributed by atoms with Gasteiger partial charge in [-0.1, -0.05) is 0 Å². The van der Waals surface area contributed by atoms with Crippen molar-refractivity contribution in [2.24, 2.45) is 0 Å². The van der Waals surface area contributed by atoms with Gasteiger partial charge in [0.15, 0.2) is 5.82 Å². The number of anilines is 1. The number of rotatable bonds is 5. The van der Waals surface area contributed by atoms with Crippen LogP contribution in [-0.2, 0) is 19.1 Å². The summed E-state index contributed by atoms with van der Waals surface area (Å²) in [6.45, 7) is 5.61. The Hall–Kier alpha value is -3.14. The molecular formula is C23H24F4N4O2. The standard InChI is InChI=1S/C23H24F4N4O2/c1-13-4-5-17-19(30-13)7-6-16(14-9-29-31(11-14)12-22(2,3)32)20(17)33-21-18(24)8-15(10-28-21)23(25,26)27/h6-11,13,30,32H,4-5,12H2,1-3H3/t13-/m0/s1. The number of pyridine rings is 1. The summed E-state index contributed by atoms with van der Waals surface area (Å²) in [7, 11) is 0. The number of ether oxygens (including phenoxy) is 1. The maximum atomic E-state index is 14.5. The van der Waals surface area contributed by atoms with E-state index in [0.29, 0.717) is 35.6 Å². The van der Waals surface area contributed by atoms with Crippen molar-refractivity contribution < 1.29 is 27.4 Å². The van der Waals surface area contributed by atoms with Crippen LogP contribution in [-0.4, -0.2) is 31.5 Å². The third kappa shape index (κ3) is 5.11. The van der Waals surface area contributed by atoms with E-state index in [1.807, 2.05) is 13.0 Å². The van der Waals surface area contributed by atoms with Crippen LogP contribution >= 0.6 is 0 Å². The molecule has 3 aromatic rings. The summed E-state index contributed by atoms with van der Waals surface area (Å²) in [6.07, 6.45) is 0.589. The van der Waals surface area contributed by atoms with E-state index in [0.717, 1.165) is 17.7 Å². The fraction of sp³-hybridized carbons (Fsp3) is 0.391. The number of nitrogens with one attached hydrogen (secondary N) is 1. The Balaban J connectivity index is 1.77. The predicted molar refractivity (Wildman–Crippen MR) is 115 cm³/mol. The third-order valence-electron chi connectivity index (χ3n) is 5.32. The minimum atomic E-state index is -4.71. The molecule has 3 heterocycles. The highest BCUT2D eigenvalue weighted by atomic mass is 19.4. The average Bonchev–Trinajstić information content (AvgIpc) is 3.14. The SMILES string of the molecule is C[C@H]1CCc2c(ccc(-c3cnn(CC(C)(C)O)c3)c2Oc2ncc(C(F)(F)F)cc2F)N1. The smallest absolute Gasteiger partial charge is 0.417 e. The maximum Gasteiger partial charge on any atom is 0.417 e. The van der Waals surface area contributed by atoms with Crippen molar-refractivity contribution in [2.75, 3.05) is 5.32 Å². The van der Waals surface area contributed by atoms with Crippen molar-refractivity contribution in [3.63, 3.8) is 0 Å². The Morgan fingerprint density at radius 3 is 2.67 bits per heavy atom. The normalized spacial score (nSPS) is 16.3. The second-order valence-corrected chi connectivity index (χ2v) is 8.90. The lowest BCUT2D eigenvalue weighted by Crippen LogP contribution is -2.26. The predicted octanol–water partition coefficient (Wildman–Crippen LogP) is 5.41. The molecule has 0 fully saturated rings. The van der Waals surface area contributed by atoms with Gasteiger partial charge in [0.25, 0.3) is 5.88 Å². The van der Waals surface area contributed by atoms with Gasteiger partial charge >= 0.3 is 6.18 Å². The molecule has 0 unspecified atom stereocenters. The zero-order valence-corrected chi connectivity index (χ0v) is 18.4. The van der Waals surface area contributed by atoms with Gasteiger partial charge in [-0.3, -0.25) is 4.68 Å². The molecule has 0 saturated heterocycles. The number of aromatic nitrogens is 3. The third-order valence-corrected chi connectivity index (χ3v) is 5.32. The molecule has 0 spiro atoms. The number of hydrogen-bond donors (Lipinski definition) is 2. The number of halogens is 4. The van der Waals surface area contributed by atoms with Crippen LogP contribution in [0.25, 0.3) is 11.1 Å². The summed E-state index contributed by atoms with van der Waals surface area (Å²) in [6, 6.07) is 4.27. The van der Waals surface area contributed by atoms with Crippen LogP contribution in [0.1, 0.15) is 38.3 Å². The van der Waals surface area contributed by atoms with Crippen LogP contribution in [0.3, 0.4) is 0 Å². The van der Waals surface area contributed by atoms with E-state index in [2.05, 4.69) is 15.4 Å². The number of fused-ring (bicyclic) bond motifs is 1. The first-order chi connectivity index (χ1) is 15.4. The number of aliphatic hydroxyl groups is 1. The van der Waals surface area contributed by atoms with E-state index >= 15 is 0 Å². The Labute approximate surface area is 188 Å². The quantitative estimate of drug-likeness (QED) is 0.494. The van der Waals surface area contributed by atoms with Gasteiger partial charge in [-0.2, -0.15) is 18.3 Å². The molecular weight excluding hydrogens is 440 g/mol. The van der Waals surface area contributed by atoms with Crippen molar-refractivity contribution in [1.82, 2.24) is 14.8 Å². The highest BCUT2D eigenvalue weighted by Crippen LogP contribution is 2.43. The van der Waals surface area contributed by atoms with E-state index in [4.69, 9.17) is 4.74 Å². The fourth-order valence-electron chi connectivity index (χ4n) is 3.79. The molecule has 0 aliphatic carbocycles. The molecule has 1 atom stereocenters. The van der Waals surface area contributed by atoms with Gasteiger partial charge in [-0.05, 0) is 51.8 Å². The molecule has 0 bridgehead atoms. The highest BCUT2D eigenvalue weighted by molar-refractivity contribution is 5.77. The minimum Gasteiger partial charge on any atom is -0.435 e. The van der Waals surface area contributed by atoms with Crippen molar-refractivity contribution >= 4 is 5.69 Å². The van der Waals surface area contributed by atoms with E-state index in [1.165, 1.54) is 0 Å². The number of nitrogens with zero attached hydrogens (tertiary/aromatic N) is 3. The molecule has 4 rings (SSSR count). The number of benzene rings is 1. The summed E-state index contributed by atoms with van der Waals surface area (Å²) < 4.78 is 60.7. The summed E-state index contributed by atoms with van der Waals surface area (Å²) in [4.78, 5) is 3.60. The van der Waals surface area contributed by atoms with Crippen molar-refractivity contribution in [3.8, 4) is 22.8 Å². The average molecular weight is 464 g/mol. The van der Waals surface area contributed by atoms with Crippen LogP contribution in [0, 0.1) is 5.82 Å². The van der Waals surface area contributed by atoms with Gasteiger partial charge in [0.1, 0.15) is 5.75 Å². The zero-order valence-electron chi connectivity index (χ0n) is 18.4. The molecule has 176 valence electrons. The molecule has 2 N–H and O–H groups in total. The van der Waals surface area contributed by atoms with Crippen molar-refractivity contribution in [2.45, 2.75) is 58.0 Å². The number of hydrogen-bond acceptors (Lipinski definition) is 5. The first-order valence-corrected chi connectivity index (χ1v) is 10.5. The van der Waals surface area contributed by atoms with E-state index in [-0.39, 0.29) is 12.6 Å². The van der Waals surface area contributed by atoms with Gasteiger partial charge in [0, 0.05) is 40.8 Å². The van der Waals surface area contributed by atoms with E-state index < -0.39 is 29.0 Å².